The number of amides is 2. The largest absolute Gasteiger partial charge is 0.497 e. The first-order chi connectivity index (χ1) is 18.1. The molecule has 0 radical (unpaired) electrons. The summed E-state index contributed by atoms with van der Waals surface area (Å²) in [7, 11) is 1.50. The van der Waals surface area contributed by atoms with E-state index in [1.54, 1.807) is 60.7 Å². The molecule has 0 fully saturated rings. The first-order valence-electron chi connectivity index (χ1n) is 11.6. The van der Waals surface area contributed by atoms with Gasteiger partial charge >= 0.3 is 6.18 Å². The van der Waals surface area contributed by atoms with E-state index in [1.165, 1.54) is 19.2 Å². The summed E-state index contributed by atoms with van der Waals surface area (Å²) >= 11 is 0. The molecule has 0 saturated carbocycles. The maximum atomic E-state index is 13.3. The van der Waals surface area contributed by atoms with Gasteiger partial charge in [0.15, 0.2) is 5.84 Å². The number of amidine groups is 1. The Bertz CT molecular complexity index is 1310. The molecular weight excluding hydrogens is 501 g/mol. The number of nitrogens with zero attached hydrogens (tertiary/aromatic N) is 3. The lowest BCUT2D eigenvalue weighted by Crippen LogP contribution is -2.40. The number of carbonyl (C=O) groups is 2. The van der Waals surface area contributed by atoms with Crippen molar-refractivity contribution >= 4 is 23.3 Å². The number of hydrogen-bond donors (Lipinski definition) is 1. The molecule has 198 valence electrons. The maximum absolute atomic E-state index is 13.3. The molecule has 0 bridgehead atoms. The number of imide groups is 1. The molecule has 0 aromatic heterocycles. The molecule has 2 amide bonds. The lowest BCUT2D eigenvalue weighted by Gasteiger charge is -2.23. The summed E-state index contributed by atoms with van der Waals surface area (Å²) in [4.78, 5) is 29.9. The summed E-state index contributed by atoms with van der Waals surface area (Å²) in [6, 6.07) is 17.2. The van der Waals surface area contributed by atoms with Gasteiger partial charge < -0.3 is 9.47 Å². The van der Waals surface area contributed by atoms with Gasteiger partial charge in [-0.3, -0.25) is 24.5 Å². The van der Waals surface area contributed by atoms with Crippen molar-refractivity contribution in [3.05, 3.63) is 89.5 Å². The van der Waals surface area contributed by atoms with Crippen LogP contribution < -0.4 is 20.3 Å². The van der Waals surface area contributed by atoms with E-state index in [2.05, 4.69) is 4.99 Å². The van der Waals surface area contributed by atoms with Gasteiger partial charge in [0.05, 0.1) is 30.5 Å². The van der Waals surface area contributed by atoms with E-state index in [9.17, 15) is 22.8 Å². The number of benzene rings is 3. The number of hydrazine groups is 1. The molecule has 0 saturated heterocycles. The van der Waals surface area contributed by atoms with Crippen LogP contribution in [-0.2, 0) is 0 Å². The highest BCUT2D eigenvalue weighted by atomic mass is 19.4. The van der Waals surface area contributed by atoms with E-state index < -0.39 is 12.2 Å². The number of ether oxygens (including phenoxy) is 2. The van der Waals surface area contributed by atoms with E-state index in [-0.39, 0.29) is 30.8 Å². The molecule has 1 unspecified atom stereocenters. The SMILES string of the molecule is COc1ccc(N(N)C(=NC(C)C(F)(F)F)c2ccc(OCCN3C(=O)c4ccccc4C3=O)cc2)cc1. The van der Waals surface area contributed by atoms with Gasteiger partial charge in [0.1, 0.15) is 24.1 Å². The van der Waals surface area contributed by atoms with Crippen molar-refractivity contribution in [1.82, 2.24) is 4.90 Å². The van der Waals surface area contributed by atoms with Gasteiger partial charge in [-0.1, -0.05) is 12.1 Å². The summed E-state index contributed by atoms with van der Waals surface area (Å²) in [5.41, 5.74) is 1.43. The molecular formula is C27H25F3N4O4. The van der Waals surface area contributed by atoms with Crippen LogP contribution >= 0.6 is 0 Å². The molecule has 11 heteroatoms. The van der Waals surface area contributed by atoms with Crippen LogP contribution in [-0.4, -0.2) is 55.0 Å². The zero-order chi connectivity index (χ0) is 27.4. The van der Waals surface area contributed by atoms with Crippen LogP contribution in [0.5, 0.6) is 11.5 Å². The Morgan fingerprint density at radius 2 is 1.50 bits per heavy atom. The summed E-state index contributed by atoms with van der Waals surface area (Å²) in [6.45, 7) is 1.02. The van der Waals surface area contributed by atoms with E-state index >= 15 is 0 Å². The van der Waals surface area contributed by atoms with Crippen LogP contribution in [0.3, 0.4) is 0 Å². The predicted molar refractivity (Wildman–Crippen MR) is 135 cm³/mol. The van der Waals surface area contributed by atoms with Gasteiger partial charge in [-0.05, 0) is 67.6 Å². The molecule has 1 aliphatic rings. The maximum Gasteiger partial charge on any atom is 0.410 e. The number of aliphatic imine (C=N–C) groups is 1. The number of methoxy groups -OCH3 is 1. The fraction of sp³-hybridized carbons (Fsp3) is 0.222. The quantitative estimate of drug-likeness (QED) is 0.153. The van der Waals surface area contributed by atoms with Gasteiger partial charge in [-0.2, -0.15) is 13.2 Å². The summed E-state index contributed by atoms with van der Waals surface area (Å²) in [5, 5.41) is 1.07. The molecule has 1 heterocycles. The first kappa shape index (κ1) is 26.7. The topological polar surface area (TPSA) is 97.5 Å². The average molecular weight is 527 g/mol. The van der Waals surface area contributed by atoms with Crippen LogP contribution in [0.4, 0.5) is 18.9 Å². The Morgan fingerprint density at radius 1 is 0.947 bits per heavy atom. The minimum Gasteiger partial charge on any atom is -0.497 e. The summed E-state index contributed by atoms with van der Waals surface area (Å²) < 4.78 is 50.7. The monoisotopic (exact) mass is 526 g/mol. The minimum atomic E-state index is -4.56. The van der Waals surface area contributed by atoms with Crippen LogP contribution in [0.25, 0.3) is 0 Å². The molecule has 1 aliphatic heterocycles. The first-order valence-corrected chi connectivity index (χ1v) is 11.6. The van der Waals surface area contributed by atoms with Crippen molar-refractivity contribution in [1.29, 1.82) is 0 Å². The average Bonchev–Trinajstić information content (AvgIpc) is 3.16. The summed E-state index contributed by atoms with van der Waals surface area (Å²) in [5.74, 6) is 6.28. The lowest BCUT2D eigenvalue weighted by molar-refractivity contribution is -0.142. The Labute approximate surface area is 217 Å². The molecule has 0 aliphatic carbocycles. The van der Waals surface area contributed by atoms with Crippen molar-refractivity contribution in [2.45, 2.75) is 19.1 Å². The van der Waals surface area contributed by atoms with Gasteiger partial charge in [0, 0.05) is 5.56 Å². The van der Waals surface area contributed by atoms with Gasteiger partial charge in [0.2, 0.25) is 0 Å². The predicted octanol–water partition coefficient (Wildman–Crippen LogP) is 4.45. The number of carbonyl (C=O) groups excluding carboxylic acids is 2. The standard InChI is InChI=1S/C27H25F3N4O4/c1-17(27(28,29)30)32-24(34(31)19-9-13-20(37-2)14-10-19)18-7-11-21(12-8-18)38-16-15-33-25(35)22-5-3-4-6-23(22)26(33)36/h3-14,17H,15-16,31H2,1-2H3. The number of rotatable bonds is 8. The molecule has 3 aromatic carbocycles. The number of hydrogen-bond acceptors (Lipinski definition) is 6. The normalized spacial score (nSPS) is 14.4. The Hall–Kier alpha value is -4.38. The third-order valence-electron chi connectivity index (χ3n) is 5.94. The second kappa shape index (κ2) is 10.9. The van der Waals surface area contributed by atoms with Crippen LogP contribution in [0, 0.1) is 0 Å². The van der Waals surface area contributed by atoms with Crippen molar-refractivity contribution in [3.63, 3.8) is 0 Å². The fourth-order valence-corrected chi connectivity index (χ4v) is 3.79. The fourth-order valence-electron chi connectivity index (χ4n) is 3.79. The third-order valence-corrected chi connectivity index (χ3v) is 5.94. The van der Waals surface area contributed by atoms with Crippen molar-refractivity contribution in [2.24, 2.45) is 10.8 Å². The number of nitrogens with two attached hydrogens (primary N) is 1. The van der Waals surface area contributed by atoms with E-state index in [1.807, 2.05) is 0 Å². The molecule has 3 aromatic rings. The van der Waals surface area contributed by atoms with Crippen LogP contribution in [0.15, 0.2) is 77.8 Å². The lowest BCUT2D eigenvalue weighted by atomic mass is 10.1. The van der Waals surface area contributed by atoms with Gasteiger partial charge in [-0.15, -0.1) is 0 Å². The van der Waals surface area contributed by atoms with Crippen molar-refractivity contribution in [3.8, 4) is 11.5 Å². The molecule has 0 spiro atoms. The second-order valence-corrected chi connectivity index (χ2v) is 8.42. The Kier molecular flexibility index (Phi) is 7.67. The molecule has 4 rings (SSSR count). The zero-order valence-electron chi connectivity index (χ0n) is 20.6. The number of halogens is 3. The molecule has 38 heavy (non-hydrogen) atoms. The number of fused-ring (bicyclic) bond motifs is 1. The van der Waals surface area contributed by atoms with Crippen molar-refractivity contribution < 1.29 is 32.2 Å². The van der Waals surface area contributed by atoms with Crippen LogP contribution in [0.2, 0.25) is 0 Å². The van der Waals surface area contributed by atoms with Crippen LogP contribution in [0.1, 0.15) is 33.2 Å². The Morgan fingerprint density at radius 3 is 2.03 bits per heavy atom. The zero-order valence-corrected chi connectivity index (χ0v) is 20.6. The number of anilines is 1. The van der Waals surface area contributed by atoms with E-state index in [4.69, 9.17) is 15.3 Å². The van der Waals surface area contributed by atoms with Gasteiger partial charge in [0.25, 0.3) is 11.8 Å². The molecule has 1 atom stereocenters. The highest BCUT2D eigenvalue weighted by Gasteiger charge is 2.37. The van der Waals surface area contributed by atoms with E-state index in [0.29, 0.717) is 33.9 Å². The highest BCUT2D eigenvalue weighted by molar-refractivity contribution is 6.21. The molecule has 8 nitrogen and oxygen atoms in total. The summed E-state index contributed by atoms with van der Waals surface area (Å²) in [6.07, 6.45) is -4.56. The Balaban J connectivity index is 1.48. The van der Waals surface area contributed by atoms with Gasteiger partial charge in [-0.25, -0.2) is 5.84 Å². The van der Waals surface area contributed by atoms with E-state index in [0.717, 1.165) is 16.8 Å². The smallest absolute Gasteiger partial charge is 0.410 e. The minimum absolute atomic E-state index is 0.0335. The number of alkyl halides is 3. The van der Waals surface area contributed by atoms with Crippen molar-refractivity contribution in [2.75, 3.05) is 25.3 Å². The second-order valence-electron chi connectivity index (χ2n) is 8.42. The highest BCUT2D eigenvalue weighted by Crippen LogP contribution is 2.26. The molecule has 2 N–H and O–H groups in total. The third kappa shape index (κ3) is 5.62.